The van der Waals surface area contributed by atoms with Gasteiger partial charge in [0, 0.05) is 17.7 Å². The molecule has 3 rings (SSSR count). The molecule has 0 spiro atoms. The van der Waals surface area contributed by atoms with E-state index < -0.39 is 11.5 Å². The number of carbonyl (C=O) groups excluding carboxylic acids is 2. The molecular formula is C20H21NO4. The summed E-state index contributed by atoms with van der Waals surface area (Å²) < 4.78 is 5.36. The molecule has 1 aliphatic rings. The van der Waals surface area contributed by atoms with Gasteiger partial charge < -0.3 is 14.7 Å². The third-order valence-electron chi connectivity index (χ3n) is 4.46. The molecular weight excluding hydrogens is 318 g/mol. The van der Waals surface area contributed by atoms with Crippen LogP contribution in [0, 0.1) is 0 Å². The number of aliphatic hydroxyl groups is 1. The Balaban J connectivity index is 1.88. The van der Waals surface area contributed by atoms with Crippen molar-refractivity contribution < 1.29 is 19.4 Å². The fourth-order valence-corrected chi connectivity index (χ4v) is 3.23. The van der Waals surface area contributed by atoms with Crippen molar-refractivity contribution in [2.75, 3.05) is 18.1 Å². The van der Waals surface area contributed by atoms with Crippen LogP contribution in [0.1, 0.15) is 36.2 Å². The van der Waals surface area contributed by atoms with E-state index in [2.05, 4.69) is 0 Å². The van der Waals surface area contributed by atoms with Crippen molar-refractivity contribution in [1.29, 1.82) is 0 Å². The molecule has 0 aliphatic carbocycles. The minimum Gasteiger partial charge on any atom is -0.494 e. The van der Waals surface area contributed by atoms with E-state index in [9.17, 15) is 14.7 Å². The number of ketones is 1. The Labute approximate surface area is 146 Å². The number of fused-ring (bicyclic) bond motifs is 1. The summed E-state index contributed by atoms with van der Waals surface area (Å²) in [6.07, 6.45) is -0.284. The Hall–Kier alpha value is -2.66. The lowest BCUT2D eigenvalue weighted by Crippen LogP contribution is -2.41. The minimum absolute atomic E-state index is 0.284. The van der Waals surface area contributed by atoms with Crippen LogP contribution in [0.3, 0.4) is 0 Å². The zero-order chi connectivity index (χ0) is 18.0. The summed E-state index contributed by atoms with van der Waals surface area (Å²) in [5, 5.41) is 11.0. The molecule has 5 nitrogen and oxygen atoms in total. The quantitative estimate of drug-likeness (QED) is 0.822. The first-order valence-corrected chi connectivity index (χ1v) is 8.41. The van der Waals surface area contributed by atoms with E-state index in [0.29, 0.717) is 35.7 Å². The number of nitrogens with zero attached hydrogens (tertiary/aromatic N) is 1. The van der Waals surface area contributed by atoms with Crippen molar-refractivity contribution in [3.8, 4) is 5.75 Å². The van der Waals surface area contributed by atoms with Gasteiger partial charge in [0.1, 0.15) is 5.75 Å². The first-order valence-electron chi connectivity index (χ1n) is 8.41. The lowest BCUT2D eigenvalue weighted by molar-refractivity contribution is -0.135. The SMILES string of the molecule is CCOc1ccc(C(=O)C[C@]2(O)C(=O)N(CC)c3ccccc32)cc1. The van der Waals surface area contributed by atoms with E-state index in [1.807, 2.05) is 19.9 Å². The first kappa shape index (κ1) is 17.2. The molecule has 0 unspecified atom stereocenters. The number of anilines is 1. The van der Waals surface area contributed by atoms with E-state index in [4.69, 9.17) is 4.74 Å². The predicted octanol–water partition coefficient (Wildman–Crippen LogP) is 2.91. The molecule has 0 saturated carbocycles. The van der Waals surface area contributed by atoms with Crippen LogP contribution in [0.15, 0.2) is 48.5 Å². The highest BCUT2D eigenvalue weighted by Gasteiger charge is 2.50. The zero-order valence-electron chi connectivity index (χ0n) is 14.4. The number of ether oxygens (including phenoxy) is 1. The van der Waals surface area contributed by atoms with Gasteiger partial charge in [-0.25, -0.2) is 0 Å². The molecule has 0 saturated heterocycles. The number of hydrogen-bond acceptors (Lipinski definition) is 4. The van der Waals surface area contributed by atoms with Gasteiger partial charge >= 0.3 is 0 Å². The number of amides is 1. The molecule has 1 N–H and O–H groups in total. The maximum atomic E-state index is 12.7. The largest absolute Gasteiger partial charge is 0.494 e. The van der Waals surface area contributed by atoms with Crippen LogP contribution >= 0.6 is 0 Å². The van der Waals surface area contributed by atoms with Crippen molar-refractivity contribution in [3.05, 3.63) is 59.7 Å². The highest BCUT2D eigenvalue weighted by atomic mass is 16.5. The normalized spacial score (nSPS) is 19.0. The highest BCUT2D eigenvalue weighted by molar-refractivity contribution is 6.10. The number of rotatable bonds is 6. The molecule has 0 bridgehead atoms. The molecule has 5 heteroatoms. The summed E-state index contributed by atoms with van der Waals surface area (Å²) in [7, 11) is 0. The number of carbonyl (C=O) groups is 2. The van der Waals surface area contributed by atoms with Gasteiger partial charge in [-0.3, -0.25) is 9.59 Å². The number of benzene rings is 2. The Bertz CT molecular complexity index is 800. The van der Waals surface area contributed by atoms with Gasteiger partial charge in [-0.05, 0) is 44.2 Å². The molecule has 1 heterocycles. The molecule has 25 heavy (non-hydrogen) atoms. The summed E-state index contributed by atoms with van der Waals surface area (Å²) in [6.45, 7) is 4.71. The first-order chi connectivity index (χ1) is 12.0. The van der Waals surface area contributed by atoms with Crippen LogP contribution in [0.2, 0.25) is 0 Å². The van der Waals surface area contributed by atoms with E-state index in [1.54, 1.807) is 42.5 Å². The van der Waals surface area contributed by atoms with E-state index in [-0.39, 0.29) is 12.2 Å². The number of para-hydroxylation sites is 1. The second kappa shape index (κ2) is 6.69. The van der Waals surface area contributed by atoms with Crippen LogP contribution in [0.4, 0.5) is 5.69 Å². The van der Waals surface area contributed by atoms with Crippen LogP contribution < -0.4 is 9.64 Å². The topological polar surface area (TPSA) is 66.8 Å². The molecule has 1 atom stereocenters. The molecule has 0 aromatic heterocycles. The number of Topliss-reactive ketones (excluding diaryl/α,β-unsaturated/α-hetero) is 1. The molecule has 0 fully saturated rings. The minimum atomic E-state index is -1.82. The van der Waals surface area contributed by atoms with Gasteiger partial charge in [-0.15, -0.1) is 0 Å². The maximum Gasteiger partial charge on any atom is 0.264 e. The molecule has 2 aromatic carbocycles. The van der Waals surface area contributed by atoms with Crippen LogP contribution in [-0.2, 0) is 10.4 Å². The fourth-order valence-electron chi connectivity index (χ4n) is 3.23. The summed E-state index contributed by atoms with van der Waals surface area (Å²) in [6, 6.07) is 13.8. The highest BCUT2D eigenvalue weighted by Crippen LogP contribution is 2.42. The van der Waals surface area contributed by atoms with Crippen LogP contribution in [-0.4, -0.2) is 29.9 Å². The van der Waals surface area contributed by atoms with Gasteiger partial charge in [0.15, 0.2) is 11.4 Å². The van der Waals surface area contributed by atoms with Crippen LogP contribution in [0.5, 0.6) is 5.75 Å². The maximum absolute atomic E-state index is 12.7. The van der Waals surface area contributed by atoms with Gasteiger partial charge in [0.05, 0.1) is 18.7 Å². The van der Waals surface area contributed by atoms with E-state index >= 15 is 0 Å². The summed E-state index contributed by atoms with van der Waals surface area (Å²) in [5.74, 6) is -0.0562. The summed E-state index contributed by atoms with van der Waals surface area (Å²) in [4.78, 5) is 26.9. The molecule has 0 radical (unpaired) electrons. The van der Waals surface area contributed by atoms with Gasteiger partial charge in [0.2, 0.25) is 0 Å². The average Bonchev–Trinajstić information content (AvgIpc) is 2.83. The molecule has 1 aliphatic heterocycles. The lowest BCUT2D eigenvalue weighted by Gasteiger charge is -2.22. The predicted molar refractivity (Wildman–Crippen MR) is 94.9 cm³/mol. The Morgan fingerprint density at radius 2 is 1.80 bits per heavy atom. The van der Waals surface area contributed by atoms with Crippen molar-refractivity contribution in [2.45, 2.75) is 25.9 Å². The monoisotopic (exact) mass is 339 g/mol. The standard InChI is InChI=1S/C20H21NO4/c1-3-21-17-8-6-5-7-16(17)20(24,19(21)23)13-18(22)14-9-11-15(12-10-14)25-4-2/h5-12,24H,3-4,13H2,1-2H3/t20-/m1/s1. The van der Waals surface area contributed by atoms with Crippen molar-refractivity contribution >= 4 is 17.4 Å². The lowest BCUT2D eigenvalue weighted by atomic mass is 9.88. The van der Waals surface area contributed by atoms with E-state index in [0.717, 1.165) is 0 Å². The van der Waals surface area contributed by atoms with Crippen molar-refractivity contribution in [2.24, 2.45) is 0 Å². The Morgan fingerprint density at radius 1 is 1.12 bits per heavy atom. The molecule has 2 aromatic rings. The average molecular weight is 339 g/mol. The second-order valence-corrected chi connectivity index (χ2v) is 5.98. The van der Waals surface area contributed by atoms with Crippen LogP contribution in [0.25, 0.3) is 0 Å². The van der Waals surface area contributed by atoms with Crippen molar-refractivity contribution in [3.63, 3.8) is 0 Å². The summed E-state index contributed by atoms with van der Waals surface area (Å²) >= 11 is 0. The Morgan fingerprint density at radius 3 is 2.44 bits per heavy atom. The van der Waals surface area contributed by atoms with Crippen molar-refractivity contribution in [1.82, 2.24) is 0 Å². The van der Waals surface area contributed by atoms with Gasteiger partial charge in [0.25, 0.3) is 5.91 Å². The second-order valence-electron chi connectivity index (χ2n) is 5.98. The zero-order valence-corrected chi connectivity index (χ0v) is 14.4. The van der Waals surface area contributed by atoms with E-state index in [1.165, 1.54) is 4.90 Å². The smallest absolute Gasteiger partial charge is 0.264 e. The molecule has 130 valence electrons. The fraction of sp³-hybridized carbons (Fsp3) is 0.300. The van der Waals surface area contributed by atoms with Gasteiger partial charge in [-0.1, -0.05) is 18.2 Å². The Kier molecular flexibility index (Phi) is 4.59. The number of hydrogen-bond donors (Lipinski definition) is 1. The van der Waals surface area contributed by atoms with Gasteiger partial charge in [-0.2, -0.15) is 0 Å². The molecule has 1 amide bonds. The third kappa shape index (κ3) is 2.91. The summed E-state index contributed by atoms with van der Waals surface area (Å²) in [5.41, 5.74) is -0.224. The third-order valence-corrected chi connectivity index (χ3v) is 4.46. The number of likely N-dealkylation sites (N-methyl/N-ethyl adjacent to an activating group) is 1.